The molecule has 100 valence electrons. The van der Waals surface area contributed by atoms with Crippen molar-refractivity contribution in [2.24, 2.45) is 5.92 Å². The van der Waals surface area contributed by atoms with E-state index in [2.05, 4.69) is 21.2 Å². The average molecular weight is 334 g/mol. The average Bonchev–Trinajstić information content (AvgIpc) is 2.84. The summed E-state index contributed by atoms with van der Waals surface area (Å²) in [5, 5.41) is 3.23. The lowest BCUT2D eigenvalue weighted by Crippen LogP contribution is -2.33. The molecule has 0 bridgehead atoms. The van der Waals surface area contributed by atoms with Gasteiger partial charge in [-0.3, -0.25) is 4.79 Å². The Bertz CT molecular complexity index is 390. The minimum atomic E-state index is 0. The second-order valence-corrected chi connectivity index (χ2v) is 5.43. The van der Waals surface area contributed by atoms with E-state index >= 15 is 0 Å². The number of hydrogen-bond donors (Lipinski definition) is 1. The third-order valence-corrected chi connectivity index (χ3v) is 3.65. The van der Waals surface area contributed by atoms with Crippen molar-refractivity contribution >= 4 is 34.2 Å². The van der Waals surface area contributed by atoms with Crippen molar-refractivity contribution in [2.75, 3.05) is 20.1 Å². The molecule has 0 aliphatic carbocycles. The SMILES string of the molecule is CN(Cc1ccc(Br)cc1)C(=O)C1CCNC1.Cl. The van der Waals surface area contributed by atoms with Gasteiger partial charge in [0.15, 0.2) is 0 Å². The predicted octanol–water partition coefficient (Wildman–Crippen LogP) is 2.44. The second kappa shape index (κ2) is 7.12. The van der Waals surface area contributed by atoms with Gasteiger partial charge in [0, 0.05) is 24.6 Å². The maximum Gasteiger partial charge on any atom is 0.227 e. The number of benzene rings is 1. The van der Waals surface area contributed by atoms with Gasteiger partial charge in [0.2, 0.25) is 5.91 Å². The summed E-state index contributed by atoms with van der Waals surface area (Å²) in [4.78, 5) is 13.9. The summed E-state index contributed by atoms with van der Waals surface area (Å²) in [7, 11) is 1.88. The number of carbonyl (C=O) groups is 1. The van der Waals surface area contributed by atoms with Crippen LogP contribution < -0.4 is 5.32 Å². The highest BCUT2D eigenvalue weighted by Gasteiger charge is 2.25. The van der Waals surface area contributed by atoms with Crippen LogP contribution in [0.2, 0.25) is 0 Å². The normalized spacial score (nSPS) is 18.2. The molecule has 0 spiro atoms. The van der Waals surface area contributed by atoms with Gasteiger partial charge >= 0.3 is 0 Å². The molecule has 5 heteroatoms. The van der Waals surface area contributed by atoms with Crippen molar-refractivity contribution in [3.63, 3.8) is 0 Å². The van der Waals surface area contributed by atoms with Crippen molar-refractivity contribution < 1.29 is 4.79 Å². The topological polar surface area (TPSA) is 32.3 Å². The smallest absolute Gasteiger partial charge is 0.227 e. The zero-order valence-electron chi connectivity index (χ0n) is 10.4. The lowest BCUT2D eigenvalue weighted by Gasteiger charge is -2.20. The van der Waals surface area contributed by atoms with E-state index in [1.54, 1.807) is 0 Å². The van der Waals surface area contributed by atoms with Crippen molar-refractivity contribution in [3.05, 3.63) is 34.3 Å². The fourth-order valence-corrected chi connectivity index (χ4v) is 2.38. The second-order valence-electron chi connectivity index (χ2n) is 4.51. The first kappa shape index (κ1) is 15.5. The molecule has 1 aromatic rings. The molecule has 0 radical (unpaired) electrons. The summed E-state index contributed by atoms with van der Waals surface area (Å²) < 4.78 is 1.07. The molecule has 1 aliphatic heterocycles. The molecule has 1 heterocycles. The predicted molar refractivity (Wildman–Crippen MR) is 78.8 cm³/mol. The fraction of sp³-hybridized carbons (Fsp3) is 0.462. The van der Waals surface area contributed by atoms with E-state index in [-0.39, 0.29) is 24.2 Å². The third-order valence-electron chi connectivity index (χ3n) is 3.12. The van der Waals surface area contributed by atoms with Crippen LogP contribution in [0.15, 0.2) is 28.7 Å². The molecule has 1 aromatic carbocycles. The van der Waals surface area contributed by atoms with Crippen molar-refractivity contribution in [3.8, 4) is 0 Å². The van der Waals surface area contributed by atoms with E-state index in [4.69, 9.17) is 0 Å². The Labute approximate surface area is 122 Å². The van der Waals surface area contributed by atoms with Crippen LogP contribution in [0.3, 0.4) is 0 Å². The van der Waals surface area contributed by atoms with E-state index in [0.29, 0.717) is 6.54 Å². The first-order valence-corrected chi connectivity index (χ1v) is 6.66. The Morgan fingerprint density at radius 3 is 2.67 bits per heavy atom. The van der Waals surface area contributed by atoms with Gasteiger partial charge in [-0.1, -0.05) is 28.1 Å². The molecule has 18 heavy (non-hydrogen) atoms. The Morgan fingerprint density at radius 2 is 2.11 bits per heavy atom. The van der Waals surface area contributed by atoms with Crippen LogP contribution in [0.1, 0.15) is 12.0 Å². The number of halogens is 2. The van der Waals surface area contributed by atoms with Gasteiger partial charge in [0.05, 0.1) is 5.92 Å². The summed E-state index contributed by atoms with van der Waals surface area (Å²) in [6.07, 6.45) is 0.962. The van der Waals surface area contributed by atoms with Gasteiger partial charge < -0.3 is 10.2 Å². The molecular formula is C13H18BrClN2O. The van der Waals surface area contributed by atoms with E-state index in [9.17, 15) is 4.79 Å². The van der Waals surface area contributed by atoms with Crippen LogP contribution in [0, 0.1) is 5.92 Å². The van der Waals surface area contributed by atoms with Crippen LogP contribution in [-0.2, 0) is 11.3 Å². The standard InChI is InChI=1S/C13H17BrN2O.ClH/c1-16(13(17)11-6-7-15-8-11)9-10-2-4-12(14)5-3-10;/h2-5,11,15H,6-9H2,1H3;1H. The summed E-state index contributed by atoms with van der Waals surface area (Å²) in [6, 6.07) is 8.09. The molecule has 1 N–H and O–H groups in total. The minimum absolute atomic E-state index is 0. The highest BCUT2D eigenvalue weighted by Crippen LogP contribution is 2.15. The molecule has 1 amide bonds. The van der Waals surface area contributed by atoms with Gasteiger partial charge in [-0.25, -0.2) is 0 Å². The fourth-order valence-electron chi connectivity index (χ4n) is 2.12. The zero-order chi connectivity index (χ0) is 12.3. The number of nitrogens with one attached hydrogen (secondary N) is 1. The molecule has 0 saturated carbocycles. The number of rotatable bonds is 3. The summed E-state index contributed by atoms with van der Waals surface area (Å²) in [5.74, 6) is 0.411. The van der Waals surface area contributed by atoms with Crippen LogP contribution in [0.5, 0.6) is 0 Å². The molecule has 2 rings (SSSR count). The van der Waals surface area contributed by atoms with E-state index < -0.39 is 0 Å². The maximum absolute atomic E-state index is 12.1. The van der Waals surface area contributed by atoms with Crippen molar-refractivity contribution in [1.82, 2.24) is 10.2 Å². The molecule has 1 unspecified atom stereocenters. The summed E-state index contributed by atoms with van der Waals surface area (Å²) >= 11 is 3.41. The maximum atomic E-state index is 12.1. The van der Waals surface area contributed by atoms with E-state index in [1.807, 2.05) is 36.2 Å². The van der Waals surface area contributed by atoms with Gasteiger partial charge in [0.1, 0.15) is 0 Å². The largest absolute Gasteiger partial charge is 0.341 e. The Hall–Kier alpha value is -0.580. The quantitative estimate of drug-likeness (QED) is 0.921. The lowest BCUT2D eigenvalue weighted by atomic mass is 10.1. The number of hydrogen-bond acceptors (Lipinski definition) is 2. The van der Waals surface area contributed by atoms with Crippen LogP contribution in [0.4, 0.5) is 0 Å². The zero-order valence-corrected chi connectivity index (χ0v) is 12.8. The first-order chi connectivity index (χ1) is 8.16. The van der Waals surface area contributed by atoms with Gasteiger partial charge in [0.25, 0.3) is 0 Å². The summed E-state index contributed by atoms with van der Waals surface area (Å²) in [5.41, 5.74) is 1.16. The number of nitrogens with zero attached hydrogens (tertiary/aromatic N) is 1. The Kier molecular flexibility index (Phi) is 6.12. The van der Waals surface area contributed by atoms with E-state index in [1.165, 1.54) is 0 Å². The lowest BCUT2D eigenvalue weighted by molar-refractivity contribution is -0.134. The molecule has 0 aromatic heterocycles. The van der Waals surface area contributed by atoms with E-state index in [0.717, 1.165) is 29.5 Å². The minimum Gasteiger partial charge on any atom is -0.341 e. The third kappa shape index (κ3) is 3.97. The van der Waals surface area contributed by atoms with Gasteiger partial charge in [-0.15, -0.1) is 12.4 Å². The molecule has 3 nitrogen and oxygen atoms in total. The van der Waals surface area contributed by atoms with Crippen LogP contribution in [0.25, 0.3) is 0 Å². The first-order valence-electron chi connectivity index (χ1n) is 5.87. The summed E-state index contributed by atoms with van der Waals surface area (Å²) in [6.45, 7) is 2.47. The van der Waals surface area contributed by atoms with Crippen LogP contribution >= 0.6 is 28.3 Å². The molecule has 1 atom stereocenters. The molecule has 1 saturated heterocycles. The van der Waals surface area contributed by atoms with Crippen LogP contribution in [-0.4, -0.2) is 30.9 Å². The number of amides is 1. The molecule has 1 aliphatic rings. The van der Waals surface area contributed by atoms with Crippen molar-refractivity contribution in [1.29, 1.82) is 0 Å². The van der Waals surface area contributed by atoms with Crippen molar-refractivity contribution in [2.45, 2.75) is 13.0 Å². The highest BCUT2D eigenvalue weighted by atomic mass is 79.9. The highest BCUT2D eigenvalue weighted by molar-refractivity contribution is 9.10. The van der Waals surface area contributed by atoms with Gasteiger partial charge in [-0.2, -0.15) is 0 Å². The number of carbonyl (C=O) groups excluding carboxylic acids is 1. The molecule has 1 fully saturated rings. The van der Waals surface area contributed by atoms with Gasteiger partial charge in [-0.05, 0) is 30.7 Å². The Morgan fingerprint density at radius 1 is 1.44 bits per heavy atom. The Balaban J connectivity index is 0.00000162. The molecular weight excluding hydrogens is 316 g/mol. The monoisotopic (exact) mass is 332 g/mol.